The average Bonchev–Trinajstić information content (AvgIpc) is 2.07. The van der Waals surface area contributed by atoms with E-state index in [1.165, 1.54) is 283 Å². The second kappa shape index (κ2) is 59.2. The van der Waals surface area contributed by atoms with Gasteiger partial charge in [0.05, 0.1) is 32.0 Å². The quantitative estimate of drug-likeness (QED) is 0.0204. The highest BCUT2D eigenvalue weighted by Gasteiger charge is 2.51. The Morgan fingerprint density at radius 1 is 0.398 bits per heavy atom. The number of carbonyl (C=O) groups excluding carboxylic acids is 1. The summed E-state index contributed by atoms with van der Waals surface area (Å²) in [6.07, 6.45) is 58.3. The molecule has 14 nitrogen and oxygen atoms in total. The normalized spacial score (nSPS) is 23.2. The Labute approximate surface area is 539 Å². The van der Waals surface area contributed by atoms with Gasteiger partial charge in [-0.1, -0.05) is 334 Å². The van der Waals surface area contributed by atoms with Gasteiger partial charge >= 0.3 is 0 Å². The van der Waals surface area contributed by atoms with Crippen LogP contribution in [-0.2, 0) is 23.7 Å². The van der Waals surface area contributed by atoms with E-state index >= 15 is 0 Å². The smallest absolute Gasteiger partial charge is 0.220 e. The van der Waals surface area contributed by atoms with Crippen LogP contribution in [0.1, 0.15) is 348 Å². The van der Waals surface area contributed by atoms with Crippen LogP contribution in [-0.4, -0.2) is 140 Å². The van der Waals surface area contributed by atoms with E-state index in [1.54, 1.807) is 6.08 Å². The predicted molar refractivity (Wildman–Crippen MR) is 360 cm³/mol. The number of nitrogens with one attached hydrogen (secondary N) is 1. The van der Waals surface area contributed by atoms with Crippen molar-refractivity contribution in [1.29, 1.82) is 0 Å². The molecule has 0 radical (unpaired) electrons. The molecule has 0 aromatic rings. The number of unbranched alkanes of at least 4 members (excludes halogenated alkanes) is 48. The van der Waals surface area contributed by atoms with E-state index in [0.717, 1.165) is 32.1 Å². The van der Waals surface area contributed by atoms with E-state index in [0.29, 0.717) is 12.8 Å². The van der Waals surface area contributed by atoms with Crippen LogP contribution in [0.5, 0.6) is 0 Å². The Morgan fingerprint density at radius 3 is 1.11 bits per heavy atom. The number of hydrogen-bond acceptors (Lipinski definition) is 13. The summed E-state index contributed by atoms with van der Waals surface area (Å²) in [7, 11) is 0. The molecule has 14 heteroatoms. The standard InChI is InChI=1S/C74H141NO13/c1-3-5-7-9-11-13-15-17-19-21-23-25-27-28-29-30-31-32-33-34-36-38-40-42-44-46-48-50-52-54-56-58-66(79)75-62(61-85-73-71(84)69(82)72(65(60-77)87-73)88-74-70(83)68(81)67(80)64(59-76)86-74)63(78)57-55-53-51-49-47-45-43-41-39-37-35-26-24-22-20-18-16-14-12-10-8-6-4-2/h47,49,55,57,62-65,67-74,76-78,80-84H,3-46,48,50-54,56,58-61H2,1-2H3,(H,75,79)/b49-47+,57-55+. The highest BCUT2D eigenvalue weighted by molar-refractivity contribution is 5.76. The lowest BCUT2D eigenvalue weighted by Crippen LogP contribution is -2.65. The first kappa shape index (κ1) is 82.6. The maximum Gasteiger partial charge on any atom is 0.220 e. The minimum absolute atomic E-state index is 0.241. The van der Waals surface area contributed by atoms with Gasteiger partial charge in [-0.2, -0.15) is 0 Å². The molecule has 88 heavy (non-hydrogen) atoms. The van der Waals surface area contributed by atoms with Gasteiger partial charge < -0.3 is 65.1 Å². The van der Waals surface area contributed by atoms with Gasteiger partial charge in [0.1, 0.15) is 48.8 Å². The molecule has 2 saturated heterocycles. The molecule has 0 aliphatic carbocycles. The number of ether oxygens (including phenoxy) is 4. The summed E-state index contributed by atoms with van der Waals surface area (Å²) >= 11 is 0. The van der Waals surface area contributed by atoms with Crippen molar-refractivity contribution < 1.29 is 64.6 Å². The molecular formula is C74H141NO13. The molecule has 12 atom stereocenters. The van der Waals surface area contributed by atoms with Crippen molar-refractivity contribution in [1.82, 2.24) is 5.32 Å². The largest absolute Gasteiger partial charge is 0.394 e. The molecule has 1 amide bonds. The van der Waals surface area contributed by atoms with E-state index in [4.69, 9.17) is 18.9 Å². The summed E-state index contributed by atoms with van der Waals surface area (Å²) in [4.78, 5) is 13.3. The summed E-state index contributed by atoms with van der Waals surface area (Å²) in [6, 6.07) is -0.930. The van der Waals surface area contributed by atoms with Crippen LogP contribution in [0.2, 0.25) is 0 Å². The minimum atomic E-state index is -1.79. The highest BCUT2D eigenvalue weighted by atomic mass is 16.7. The zero-order valence-electron chi connectivity index (χ0n) is 56.7. The molecule has 0 aromatic carbocycles. The van der Waals surface area contributed by atoms with Crippen LogP contribution < -0.4 is 5.32 Å². The first-order chi connectivity index (χ1) is 43.1. The number of amides is 1. The third-order valence-electron chi connectivity index (χ3n) is 18.6. The van der Waals surface area contributed by atoms with Crippen LogP contribution in [0.3, 0.4) is 0 Å². The van der Waals surface area contributed by atoms with E-state index in [9.17, 15) is 45.6 Å². The fraction of sp³-hybridized carbons (Fsp3) is 0.932. The summed E-state index contributed by atoms with van der Waals surface area (Å²) in [5.41, 5.74) is 0. The van der Waals surface area contributed by atoms with Gasteiger partial charge in [0.15, 0.2) is 12.6 Å². The van der Waals surface area contributed by atoms with Gasteiger partial charge in [-0.25, -0.2) is 0 Å². The van der Waals surface area contributed by atoms with Crippen LogP contribution >= 0.6 is 0 Å². The van der Waals surface area contributed by atoms with E-state index in [2.05, 4.69) is 31.3 Å². The average molecular weight is 1250 g/mol. The van der Waals surface area contributed by atoms with Crippen molar-refractivity contribution >= 4 is 5.91 Å². The molecular weight excluding hydrogens is 1110 g/mol. The molecule has 0 spiro atoms. The molecule has 2 aliphatic rings. The van der Waals surface area contributed by atoms with Crippen molar-refractivity contribution in [2.24, 2.45) is 0 Å². The predicted octanol–water partition coefficient (Wildman–Crippen LogP) is 15.9. The van der Waals surface area contributed by atoms with Crippen molar-refractivity contribution in [3.05, 3.63) is 24.3 Å². The fourth-order valence-corrected chi connectivity index (χ4v) is 12.7. The van der Waals surface area contributed by atoms with Crippen molar-refractivity contribution in [3.8, 4) is 0 Å². The second-order valence-corrected chi connectivity index (χ2v) is 26.8. The second-order valence-electron chi connectivity index (χ2n) is 26.8. The number of aliphatic hydroxyl groups is 8. The number of rotatable bonds is 63. The molecule has 2 rings (SSSR count). The van der Waals surface area contributed by atoms with Crippen LogP contribution in [0.4, 0.5) is 0 Å². The molecule has 9 N–H and O–H groups in total. The van der Waals surface area contributed by atoms with Crippen molar-refractivity contribution in [2.75, 3.05) is 19.8 Å². The Morgan fingerprint density at radius 2 is 0.727 bits per heavy atom. The molecule has 520 valence electrons. The lowest BCUT2D eigenvalue weighted by Gasteiger charge is -2.46. The lowest BCUT2D eigenvalue weighted by molar-refractivity contribution is -0.359. The van der Waals surface area contributed by atoms with E-state index in [-0.39, 0.29) is 18.9 Å². The highest BCUT2D eigenvalue weighted by Crippen LogP contribution is 2.30. The van der Waals surface area contributed by atoms with Gasteiger partial charge in [0.25, 0.3) is 0 Å². The van der Waals surface area contributed by atoms with Crippen molar-refractivity contribution in [2.45, 2.75) is 421 Å². The van der Waals surface area contributed by atoms with E-state index in [1.807, 2.05) is 6.08 Å². The molecule has 2 heterocycles. The fourth-order valence-electron chi connectivity index (χ4n) is 12.7. The first-order valence-electron chi connectivity index (χ1n) is 37.6. The summed E-state index contributed by atoms with van der Waals surface area (Å²) in [5, 5.41) is 87.5. The van der Waals surface area contributed by atoms with Gasteiger partial charge in [0.2, 0.25) is 5.91 Å². The third-order valence-corrected chi connectivity index (χ3v) is 18.6. The van der Waals surface area contributed by atoms with Crippen LogP contribution in [0.15, 0.2) is 24.3 Å². The number of hydrogen-bond donors (Lipinski definition) is 9. The number of carbonyl (C=O) groups is 1. The summed E-state index contributed by atoms with van der Waals surface area (Å²) in [5.74, 6) is -0.241. The number of allylic oxidation sites excluding steroid dienone is 3. The van der Waals surface area contributed by atoms with Gasteiger partial charge in [-0.3, -0.25) is 4.79 Å². The van der Waals surface area contributed by atoms with E-state index < -0.39 is 86.8 Å². The minimum Gasteiger partial charge on any atom is -0.394 e. The Hall–Kier alpha value is -1.53. The molecule has 0 saturated carbocycles. The lowest BCUT2D eigenvalue weighted by atomic mass is 9.97. The first-order valence-corrected chi connectivity index (χ1v) is 37.6. The topological polar surface area (TPSA) is 228 Å². The molecule has 2 aliphatic heterocycles. The van der Waals surface area contributed by atoms with Crippen molar-refractivity contribution in [3.63, 3.8) is 0 Å². The maximum atomic E-state index is 13.3. The SMILES string of the molecule is CCCCCCCCCCCCCCCCCCC/C=C/CC/C=C/C(O)C(COC1OC(CO)C(OC2OC(CO)C(O)C(O)C2O)C(O)C1O)NC(=O)CCCCCCCCCCCCCCCCCCCCCCCCCCCCCCCCC. The maximum absolute atomic E-state index is 13.3. The van der Waals surface area contributed by atoms with Gasteiger partial charge in [0, 0.05) is 6.42 Å². The zero-order valence-corrected chi connectivity index (χ0v) is 56.7. The zero-order chi connectivity index (χ0) is 63.8. The number of aliphatic hydroxyl groups excluding tert-OH is 8. The molecule has 2 fully saturated rings. The third kappa shape index (κ3) is 42.6. The summed E-state index contributed by atoms with van der Waals surface area (Å²) in [6.45, 7) is 2.85. The van der Waals surface area contributed by atoms with Crippen LogP contribution in [0, 0.1) is 0 Å². The molecule has 12 unspecified atom stereocenters. The van der Waals surface area contributed by atoms with Crippen LogP contribution in [0.25, 0.3) is 0 Å². The Kier molecular flexibility index (Phi) is 55.6. The monoisotopic (exact) mass is 1250 g/mol. The van der Waals surface area contributed by atoms with Gasteiger partial charge in [-0.15, -0.1) is 0 Å². The Balaban J connectivity index is 1.65. The van der Waals surface area contributed by atoms with Gasteiger partial charge in [-0.05, 0) is 32.1 Å². The summed E-state index contributed by atoms with van der Waals surface area (Å²) < 4.78 is 22.9. The molecule has 0 bridgehead atoms. The molecule has 0 aromatic heterocycles. The Bertz CT molecular complexity index is 1570.